The molecule has 0 spiro atoms. The lowest BCUT2D eigenvalue weighted by Crippen LogP contribution is -2.12. The molecule has 0 aliphatic heterocycles. The van der Waals surface area contributed by atoms with Gasteiger partial charge in [0.2, 0.25) is 0 Å². The summed E-state index contributed by atoms with van der Waals surface area (Å²) in [5, 5.41) is 20.2. The van der Waals surface area contributed by atoms with Crippen molar-refractivity contribution in [3.05, 3.63) is 39.4 Å². The Morgan fingerprint density at radius 2 is 2.24 bits per heavy atom. The van der Waals surface area contributed by atoms with Crippen molar-refractivity contribution < 1.29 is 19.6 Å². The fourth-order valence-electron chi connectivity index (χ4n) is 2.76. The van der Waals surface area contributed by atoms with E-state index in [2.05, 4.69) is 0 Å². The van der Waals surface area contributed by atoms with Crippen molar-refractivity contribution >= 4 is 17.4 Å². The predicted octanol–water partition coefficient (Wildman–Crippen LogP) is 2.69. The van der Waals surface area contributed by atoms with Gasteiger partial charge in [-0.3, -0.25) is 19.7 Å². The molecule has 2 unspecified atom stereocenters. The van der Waals surface area contributed by atoms with Crippen molar-refractivity contribution in [2.45, 2.75) is 38.5 Å². The van der Waals surface area contributed by atoms with Gasteiger partial charge in [-0.25, -0.2) is 0 Å². The molecule has 1 aliphatic rings. The maximum absolute atomic E-state index is 11.7. The van der Waals surface area contributed by atoms with Crippen LogP contribution in [0.25, 0.3) is 0 Å². The number of carbonyl (C=O) groups excluding carboxylic acids is 1. The maximum Gasteiger partial charge on any atom is 0.310 e. The maximum atomic E-state index is 11.7. The minimum atomic E-state index is -1.10. The van der Waals surface area contributed by atoms with Crippen molar-refractivity contribution in [1.29, 1.82) is 0 Å². The number of carboxylic acids is 1. The first-order valence-corrected chi connectivity index (χ1v) is 6.93. The van der Waals surface area contributed by atoms with Crippen LogP contribution < -0.4 is 0 Å². The van der Waals surface area contributed by atoms with Gasteiger partial charge in [0.1, 0.15) is 5.78 Å². The number of ketones is 1. The van der Waals surface area contributed by atoms with Gasteiger partial charge in [-0.1, -0.05) is 12.1 Å². The van der Waals surface area contributed by atoms with E-state index < -0.39 is 16.8 Å². The number of aliphatic carboxylic acids is 1. The van der Waals surface area contributed by atoms with E-state index in [1.54, 1.807) is 6.07 Å². The number of Topliss-reactive ketones (excluding diaryl/α,β-unsaturated/α-hetero) is 1. The quantitative estimate of drug-likeness (QED) is 0.664. The Hall–Kier alpha value is -2.24. The molecule has 1 aromatic rings. The molecule has 0 saturated heterocycles. The van der Waals surface area contributed by atoms with Crippen LogP contribution in [0, 0.1) is 16.0 Å². The zero-order valence-electron chi connectivity index (χ0n) is 11.7. The topological polar surface area (TPSA) is 97.5 Å². The average molecular weight is 291 g/mol. The molecule has 1 N–H and O–H groups in total. The molecule has 6 nitrogen and oxygen atoms in total. The predicted molar refractivity (Wildman–Crippen MR) is 75.2 cm³/mol. The van der Waals surface area contributed by atoms with Crippen LogP contribution in [-0.2, 0) is 16.0 Å². The van der Waals surface area contributed by atoms with Crippen LogP contribution in [0.15, 0.2) is 18.2 Å². The van der Waals surface area contributed by atoms with Crippen LogP contribution in [0.4, 0.5) is 5.69 Å². The number of hydrogen-bond donors (Lipinski definition) is 1. The summed E-state index contributed by atoms with van der Waals surface area (Å²) in [4.78, 5) is 33.3. The summed E-state index contributed by atoms with van der Waals surface area (Å²) in [5.74, 6) is -1.89. The third kappa shape index (κ3) is 3.26. The first kappa shape index (κ1) is 15.2. The highest BCUT2D eigenvalue weighted by molar-refractivity contribution is 5.83. The Kier molecular flexibility index (Phi) is 4.35. The zero-order valence-corrected chi connectivity index (χ0v) is 11.7. The average Bonchev–Trinajstić information content (AvgIpc) is 2.83. The molecular weight excluding hydrogens is 274 g/mol. The van der Waals surface area contributed by atoms with Crippen LogP contribution in [0.2, 0.25) is 0 Å². The van der Waals surface area contributed by atoms with Gasteiger partial charge in [0.15, 0.2) is 0 Å². The third-order valence-corrected chi connectivity index (χ3v) is 4.04. The fraction of sp³-hybridized carbons (Fsp3) is 0.467. The third-order valence-electron chi connectivity index (χ3n) is 4.04. The first-order chi connectivity index (χ1) is 9.90. The molecule has 0 bridgehead atoms. The van der Waals surface area contributed by atoms with Crippen LogP contribution in [0.1, 0.15) is 43.2 Å². The lowest BCUT2D eigenvalue weighted by molar-refractivity contribution is -0.385. The van der Waals surface area contributed by atoms with E-state index in [0.717, 1.165) is 12.8 Å². The number of rotatable bonds is 5. The largest absolute Gasteiger partial charge is 0.481 e. The Bertz CT molecular complexity index is 596. The molecule has 0 aromatic heterocycles. The second-order valence-electron chi connectivity index (χ2n) is 5.47. The molecule has 1 fully saturated rings. The summed E-state index contributed by atoms with van der Waals surface area (Å²) >= 11 is 0. The summed E-state index contributed by atoms with van der Waals surface area (Å²) in [5.41, 5.74) is 0.713. The molecule has 0 amide bonds. The molecule has 1 aromatic carbocycles. The summed E-state index contributed by atoms with van der Waals surface area (Å²) in [7, 11) is 0. The van der Waals surface area contributed by atoms with Crippen LogP contribution in [-0.4, -0.2) is 21.8 Å². The SMILES string of the molecule is CC(C(=O)O)c1ccc(CC2CCCC2=O)cc1[N+](=O)[O-]. The molecule has 1 saturated carbocycles. The van der Waals surface area contributed by atoms with E-state index in [-0.39, 0.29) is 23.0 Å². The molecule has 0 heterocycles. The zero-order chi connectivity index (χ0) is 15.6. The number of benzene rings is 1. The van der Waals surface area contributed by atoms with Crippen molar-refractivity contribution in [2.24, 2.45) is 5.92 Å². The Balaban J connectivity index is 2.29. The van der Waals surface area contributed by atoms with E-state index in [4.69, 9.17) is 5.11 Å². The molecule has 21 heavy (non-hydrogen) atoms. The van der Waals surface area contributed by atoms with Gasteiger partial charge < -0.3 is 5.11 Å². The van der Waals surface area contributed by atoms with Gasteiger partial charge in [-0.05, 0) is 31.7 Å². The Labute approximate surface area is 121 Å². The number of nitro groups is 1. The summed E-state index contributed by atoms with van der Waals surface area (Å²) < 4.78 is 0. The number of carboxylic acid groups (broad SMARTS) is 1. The standard InChI is InChI=1S/C15H17NO5/c1-9(15(18)19)12-6-5-10(8-13(12)16(20)21)7-11-3-2-4-14(11)17/h5-6,8-9,11H,2-4,7H2,1H3,(H,18,19). The van der Waals surface area contributed by atoms with Gasteiger partial charge in [0, 0.05) is 24.0 Å². The highest BCUT2D eigenvalue weighted by Crippen LogP contribution is 2.31. The second-order valence-corrected chi connectivity index (χ2v) is 5.47. The van der Waals surface area contributed by atoms with E-state index in [1.807, 2.05) is 0 Å². The lowest BCUT2D eigenvalue weighted by Gasteiger charge is -2.11. The van der Waals surface area contributed by atoms with Gasteiger partial charge in [-0.15, -0.1) is 0 Å². The highest BCUT2D eigenvalue weighted by atomic mass is 16.6. The summed E-state index contributed by atoms with van der Waals surface area (Å²) in [6, 6.07) is 4.58. The Morgan fingerprint density at radius 1 is 1.52 bits per heavy atom. The summed E-state index contributed by atoms with van der Waals surface area (Å²) in [6.45, 7) is 1.42. The molecule has 1 aliphatic carbocycles. The molecule has 112 valence electrons. The van der Waals surface area contributed by atoms with E-state index >= 15 is 0 Å². The molecule has 6 heteroatoms. The van der Waals surface area contributed by atoms with E-state index in [1.165, 1.54) is 19.1 Å². The molecule has 2 rings (SSSR count). The number of hydrogen-bond acceptors (Lipinski definition) is 4. The monoisotopic (exact) mass is 291 g/mol. The van der Waals surface area contributed by atoms with Gasteiger partial charge >= 0.3 is 5.97 Å². The normalized spacial score (nSPS) is 19.5. The summed E-state index contributed by atoms with van der Waals surface area (Å²) in [6.07, 6.45) is 2.77. The van der Waals surface area contributed by atoms with Crippen LogP contribution >= 0.6 is 0 Å². The van der Waals surface area contributed by atoms with Gasteiger partial charge in [0.05, 0.1) is 10.8 Å². The molecular formula is C15H17NO5. The first-order valence-electron chi connectivity index (χ1n) is 6.93. The number of carbonyl (C=O) groups is 2. The van der Waals surface area contributed by atoms with Crippen molar-refractivity contribution in [2.75, 3.05) is 0 Å². The highest BCUT2D eigenvalue weighted by Gasteiger charge is 2.27. The number of nitrogens with zero attached hydrogens (tertiary/aromatic N) is 1. The lowest BCUT2D eigenvalue weighted by atomic mass is 9.93. The Morgan fingerprint density at radius 3 is 2.76 bits per heavy atom. The number of nitro benzene ring substituents is 1. The minimum Gasteiger partial charge on any atom is -0.481 e. The van der Waals surface area contributed by atoms with E-state index in [9.17, 15) is 19.7 Å². The smallest absolute Gasteiger partial charge is 0.310 e. The molecule has 2 atom stereocenters. The van der Waals surface area contributed by atoms with Crippen LogP contribution in [0.5, 0.6) is 0 Å². The van der Waals surface area contributed by atoms with Crippen LogP contribution in [0.3, 0.4) is 0 Å². The van der Waals surface area contributed by atoms with Gasteiger partial charge in [-0.2, -0.15) is 0 Å². The van der Waals surface area contributed by atoms with Crippen molar-refractivity contribution in [3.63, 3.8) is 0 Å². The second kappa shape index (κ2) is 6.03. The minimum absolute atomic E-state index is 0.0626. The van der Waals surface area contributed by atoms with Crippen molar-refractivity contribution in [3.8, 4) is 0 Å². The fourth-order valence-corrected chi connectivity index (χ4v) is 2.76. The van der Waals surface area contributed by atoms with E-state index in [0.29, 0.717) is 18.4 Å². The van der Waals surface area contributed by atoms with Gasteiger partial charge in [0.25, 0.3) is 5.69 Å². The van der Waals surface area contributed by atoms with Crippen molar-refractivity contribution in [1.82, 2.24) is 0 Å². The molecule has 0 radical (unpaired) electrons.